The molecule has 114 valence electrons. The summed E-state index contributed by atoms with van der Waals surface area (Å²) in [5.41, 5.74) is 3.05. The number of methoxy groups -OCH3 is 1. The van der Waals surface area contributed by atoms with Crippen molar-refractivity contribution in [3.05, 3.63) is 54.2 Å². The number of hydrogen-bond acceptors (Lipinski definition) is 4. The zero-order valence-corrected chi connectivity index (χ0v) is 12.8. The summed E-state index contributed by atoms with van der Waals surface area (Å²) >= 11 is 0. The number of aromatic amines is 1. The summed E-state index contributed by atoms with van der Waals surface area (Å²) in [7, 11) is 1.54. The van der Waals surface area contributed by atoms with Gasteiger partial charge in [-0.1, -0.05) is 12.1 Å². The predicted octanol–water partition coefficient (Wildman–Crippen LogP) is 4.22. The van der Waals surface area contributed by atoms with Crippen molar-refractivity contribution in [2.75, 3.05) is 7.11 Å². The van der Waals surface area contributed by atoms with Gasteiger partial charge in [0.25, 0.3) is 0 Å². The minimum atomic E-state index is 0.289. The average molecular weight is 305 g/mol. The Balaban J connectivity index is 1.83. The maximum atomic E-state index is 6.02. The van der Waals surface area contributed by atoms with Crippen LogP contribution in [0.1, 0.15) is 5.56 Å². The van der Waals surface area contributed by atoms with Crippen LogP contribution in [-0.4, -0.2) is 22.1 Å². The van der Waals surface area contributed by atoms with Gasteiger partial charge in [-0.25, -0.2) is 0 Å². The maximum Gasteiger partial charge on any atom is 0.320 e. The SMILES string of the molecule is COc1nc(Oc2ccc3[nH]cc(C)c3c2)c2ccccc2n1. The number of fused-ring (bicyclic) bond motifs is 2. The van der Waals surface area contributed by atoms with Gasteiger partial charge in [-0.05, 0) is 42.8 Å². The molecule has 2 aromatic carbocycles. The van der Waals surface area contributed by atoms with Crippen molar-refractivity contribution >= 4 is 21.8 Å². The molecule has 4 rings (SSSR count). The van der Waals surface area contributed by atoms with Gasteiger partial charge in [0.2, 0.25) is 5.88 Å². The lowest BCUT2D eigenvalue weighted by Crippen LogP contribution is -1.96. The summed E-state index contributed by atoms with van der Waals surface area (Å²) in [6.07, 6.45) is 1.98. The number of rotatable bonds is 3. The molecule has 0 bridgehead atoms. The van der Waals surface area contributed by atoms with Crippen LogP contribution in [0.15, 0.2) is 48.7 Å². The van der Waals surface area contributed by atoms with Crippen molar-refractivity contribution in [3.63, 3.8) is 0 Å². The third-order valence-corrected chi connectivity index (χ3v) is 3.80. The Bertz CT molecular complexity index is 1010. The lowest BCUT2D eigenvalue weighted by molar-refractivity contribution is 0.370. The molecule has 5 nitrogen and oxygen atoms in total. The molecule has 2 aromatic heterocycles. The smallest absolute Gasteiger partial charge is 0.320 e. The molecule has 5 heteroatoms. The van der Waals surface area contributed by atoms with Gasteiger partial charge in [-0.3, -0.25) is 0 Å². The molecular weight excluding hydrogens is 290 g/mol. The molecule has 0 amide bonds. The van der Waals surface area contributed by atoms with Crippen molar-refractivity contribution < 1.29 is 9.47 Å². The molecule has 0 aliphatic carbocycles. The van der Waals surface area contributed by atoms with Crippen LogP contribution in [-0.2, 0) is 0 Å². The zero-order chi connectivity index (χ0) is 15.8. The minimum absolute atomic E-state index is 0.289. The molecule has 2 heterocycles. The van der Waals surface area contributed by atoms with Crippen molar-refractivity contribution in [2.24, 2.45) is 0 Å². The van der Waals surface area contributed by atoms with Crippen LogP contribution < -0.4 is 9.47 Å². The molecule has 0 fully saturated rings. The van der Waals surface area contributed by atoms with Crippen LogP contribution in [0.5, 0.6) is 17.6 Å². The molecule has 4 aromatic rings. The number of para-hydroxylation sites is 1. The second kappa shape index (κ2) is 5.28. The van der Waals surface area contributed by atoms with Gasteiger partial charge < -0.3 is 14.5 Å². The Morgan fingerprint density at radius 2 is 1.87 bits per heavy atom. The van der Waals surface area contributed by atoms with E-state index in [4.69, 9.17) is 9.47 Å². The van der Waals surface area contributed by atoms with E-state index in [1.165, 1.54) is 5.56 Å². The number of hydrogen-bond donors (Lipinski definition) is 1. The fraction of sp³-hybridized carbons (Fsp3) is 0.111. The van der Waals surface area contributed by atoms with E-state index in [1.54, 1.807) is 7.11 Å². The van der Waals surface area contributed by atoms with Crippen LogP contribution in [0, 0.1) is 6.92 Å². The van der Waals surface area contributed by atoms with Crippen LogP contribution in [0.3, 0.4) is 0 Å². The first-order chi connectivity index (χ1) is 11.2. The highest BCUT2D eigenvalue weighted by Crippen LogP contribution is 2.31. The molecule has 0 radical (unpaired) electrons. The number of nitrogens with one attached hydrogen (secondary N) is 1. The summed E-state index contributed by atoms with van der Waals surface area (Å²) < 4.78 is 11.2. The van der Waals surface area contributed by atoms with E-state index in [2.05, 4.69) is 21.9 Å². The molecule has 23 heavy (non-hydrogen) atoms. The van der Waals surface area contributed by atoms with Gasteiger partial charge in [-0.2, -0.15) is 9.97 Å². The molecule has 0 aliphatic heterocycles. The number of nitrogens with zero attached hydrogens (tertiary/aromatic N) is 2. The Hall–Kier alpha value is -3.08. The monoisotopic (exact) mass is 305 g/mol. The topological polar surface area (TPSA) is 60.0 Å². The molecule has 0 atom stereocenters. The average Bonchev–Trinajstić information content (AvgIpc) is 2.95. The normalized spacial score (nSPS) is 11.0. The summed E-state index contributed by atoms with van der Waals surface area (Å²) in [5.74, 6) is 1.21. The van der Waals surface area contributed by atoms with Crippen molar-refractivity contribution in [1.29, 1.82) is 0 Å². The zero-order valence-electron chi connectivity index (χ0n) is 12.8. The predicted molar refractivity (Wildman–Crippen MR) is 89.2 cm³/mol. The second-order valence-electron chi connectivity index (χ2n) is 5.31. The quantitative estimate of drug-likeness (QED) is 0.615. The van der Waals surface area contributed by atoms with Crippen molar-refractivity contribution in [2.45, 2.75) is 6.92 Å². The van der Waals surface area contributed by atoms with E-state index in [0.29, 0.717) is 5.88 Å². The lowest BCUT2D eigenvalue weighted by Gasteiger charge is -2.09. The summed E-state index contributed by atoms with van der Waals surface area (Å²) in [6, 6.07) is 13.9. The molecular formula is C18H15N3O2. The second-order valence-corrected chi connectivity index (χ2v) is 5.31. The number of aryl methyl sites for hydroxylation is 1. The molecule has 0 saturated carbocycles. The van der Waals surface area contributed by atoms with Gasteiger partial charge >= 0.3 is 6.01 Å². The molecule has 0 spiro atoms. The van der Waals surface area contributed by atoms with Crippen LogP contribution in [0.2, 0.25) is 0 Å². The van der Waals surface area contributed by atoms with Crippen LogP contribution in [0.25, 0.3) is 21.8 Å². The molecule has 0 unspecified atom stereocenters. The number of benzene rings is 2. The van der Waals surface area contributed by atoms with E-state index in [1.807, 2.05) is 48.7 Å². The Kier molecular flexibility index (Phi) is 3.12. The molecule has 0 saturated heterocycles. The summed E-state index contributed by atoms with van der Waals surface area (Å²) in [4.78, 5) is 11.9. The highest BCUT2D eigenvalue weighted by molar-refractivity contribution is 5.86. The van der Waals surface area contributed by atoms with Gasteiger partial charge in [0, 0.05) is 17.1 Å². The number of aromatic nitrogens is 3. The van der Waals surface area contributed by atoms with Gasteiger partial charge in [-0.15, -0.1) is 0 Å². The Labute approximate surface area is 132 Å². The number of ether oxygens (including phenoxy) is 2. The van der Waals surface area contributed by atoms with E-state index < -0.39 is 0 Å². The largest absolute Gasteiger partial charge is 0.467 e. The van der Waals surface area contributed by atoms with E-state index in [0.717, 1.165) is 27.6 Å². The fourth-order valence-corrected chi connectivity index (χ4v) is 2.61. The lowest BCUT2D eigenvalue weighted by atomic mass is 10.2. The van der Waals surface area contributed by atoms with Gasteiger partial charge in [0.05, 0.1) is 18.0 Å². The number of H-pyrrole nitrogens is 1. The van der Waals surface area contributed by atoms with E-state index in [9.17, 15) is 0 Å². The first-order valence-electron chi connectivity index (χ1n) is 7.31. The fourth-order valence-electron chi connectivity index (χ4n) is 2.61. The maximum absolute atomic E-state index is 6.02. The van der Waals surface area contributed by atoms with Gasteiger partial charge in [0.15, 0.2) is 0 Å². The van der Waals surface area contributed by atoms with E-state index in [-0.39, 0.29) is 6.01 Å². The molecule has 1 N–H and O–H groups in total. The van der Waals surface area contributed by atoms with Crippen molar-refractivity contribution in [1.82, 2.24) is 15.0 Å². The first kappa shape index (κ1) is 13.6. The van der Waals surface area contributed by atoms with Crippen LogP contribution in [0.4, 0.5) is 0 Å². The highest BCUT2D eigenvalue weighted by Gasteiger charge is 2.11. The van der Waals surface area contributed by atoms with E-state index >= 15 is 0 Å². The third kappa shape index (κ3) is 2.36. The van der Waals surface area contributed by atoms with Crippen molar-refractivity contribution in [3.8, 4) is 17.6 Å². The first-order valence-corrected chi connectivity index (χ1v) is 7.31. The highest BCUT2D eigenvalue weighted by atomic mass is 16.5. The van der Waals surface area contributed by atoms with Gasteiger partial charge in [0.1, 0.15) is 5.75 Å². The standard InChI is InChI=1S/C18H15N3O2/c1-11-10-19-15-8-7-12(9-14(11)15)23-17-13-5-3-4-6-16(13)20-18(21-17)22-2/h3-10,19H,1-2H3. The Morgan fingerprint density at radius 1 is 1.00 bits per heavy atom. The molecule has 0 aliphatic rings. The minimum Gasteiger partial charge on any atom is -0.467 e. The van der Waals surface area contributed by atoms with Crippen LogP contribution >= 0.6 is 0 Å². The summed E-state index contributed by atoms with van der Waals surface area (Å²) in [6.45, 7) is 2.06. The third-order valence-electron chi connectivity index (χ3n) is 3.80. The summed E-state index contributed by atoms with van der Waals surface area (Å²) in [5, 5.41) is 1.98. The Morgan fingerprint density at radius 3 is 2.74 bits per heavy atom.